The molecule has 0 heterocycles. The number of quaternary nitrogens is 1. The van der Waals surface area contributed by atoms with Crippen molar-refractivity contribution in [2.75, 3.05) is 17.1 Å². The first-order valence-electron chi connectivity index (χ1n) is 8.30. The minimum atomic E-state index is -0.265. The average molecular weight is 377 g/mol. The number of aliphatic hydroxyl groups is 1. The number of aliphatic hydroxyl groups excluding tert-OH is 1. The lowest BCUT2D eigenvalue weighted by molar-refractivity contribution is -0.254. The van der Waals surface area contributed by atoms with E-state index < -0.39 is 0 Å². The van der Waals surface area contributed by atoms with Crippen LogP contribution in [0.1, 0.15) is 26.3 Å². The van der Waals surface area contributed by atoms with Gasteiger partial charge in [-0.25, -0.2) is 0 Å². The van der Waals surface area contributed by atoms with Gasteiger partial charge in [0.2, 0.25) is 0 Å². The van der Waals surface area contributed by atoms with Crippen molar-refractivity contribution in [3.63, 3.8) is 0 Å². The lowest BCUT2D eigenvalue weighted by Gasteiger charge is -2.23. The van der Waals surface area contributed by atoms with E-state index in [9.17, 15) is 0 Å². The van der Waals surface area contributed by atoms with E-state index in [1.807, 2.05) is 57.2 Å². The number of rotatable bonds is 7. The normalized spacial score (nSPS) is 10.4. The molecule has 0 saturated heterocycles. The summed E-state index contributed by atoms with van der Waals surface area (Å²) in [5.41, 5.74) is 7.94. The summed E-state index contributed by atoms with van der Waals surface area (Å²) in [7, 11) is 1.00. The molecule has 6 N–H and O–H groups in total. The summed E-state index contributed by atoms with van der Waals surface area (Å²) >= 11 is 1.65. The number of hydrogen-bond donors (Lipinski definition) is 4. The molecule has 0 aliphatic rings. The Morgan fingerprint density at radius 2 is 1.77 bits per heavy atom. The van der Waals surface area contributed by atoms with Crippen LogP contribution in [0.25, 0.3) is 0 Å². The molecule has 0 spiro atoms. The first-order chi connectivity index (χ1) is 12.3. The molecule has 26 heavy (non-hydrogen) atoms. The standard InChI is InChI=1S/C19H25N3OS.CH4O/c1-14(23-19(2,3)4)21-17-9-6-10-18(12-17)22-24-13-15-7-5-8-16(20)11-15;1-2/h5-12,21-22H,1,13,20H2,2-4H3;2H,1H3/p+1. The van der Waals surface area contributed by atoms with Crippen molar-refractivity contribution in [3.8, 4) is 0 Å². The van der Waals surface area contributed by atoms with Gasteiger partial charge in [0.1, 0.15) is 11.3 Å². The Bertz CT molecular complexity index is 699. The van der Waals surface area contributed by atoms with E-state index in [4.69, 9.17) is 9.84 Å². The van der Waals surface area contributed by atoms with Crippen LogP contribution in [0.2, 0.25) is 0 Å². The van der Waals surface area contributed by atoms with E-state index in [2.05, 4.69) is 34.5 Å². The molecule has 0 amide bonds. The van der Waals surface area contributed by atoms with E-state index >= 15 is 0 Å². The smallest absolute Gasteiger partial charge is 0.184 e. The van der Waals surface area contributed by atoms with Gasteiger partial charge in [-0.2, -0.15) is 0 Å². The summed E-state index contributed by atoms with van der Waals surface area (Å²) in [6, 6.07) is 16.3. The van der Waals surface area contributed by atoms with E-state index in [-0.39, 0.29) is 5.60 Å². The highest BCUT2D eigenvalue weighted by Crippen LogP contribution is 2.22. The number of hydrogen-bond acceptors (Lipinski definition) is 5. The molecule has 0 saturated carbocycles. The van der Waals surface area contributed by atoms with Gasteiger partial charge in [0.25, 0.3) is 0 Å². The first-order valence-corrected chi connectivity index (χ1v) is 9.29. The fourth-order valence-electron chi connectivity index (χ4n) is 2.14. The molecule has 0 fully saturated rings. The van der Waals surface area contributed by atoms with Gasteiger partial charge in [-0.3, -0.25) is 0 Å². The second kappa shape index (κ2) is 10.8. The molecule has 0 bridgehead atoms. The summed E-state index contributed by atoms with van der Waals surface area (Å²) in [5.74, 6) is 1.42. The number of benzene rings is 2. The van der Waals surface area contributed by atoms with Gasteiger partial charge >= 0.3 is 0 Å². The average Bonchev–Trinajstić information content (AvgIpc) is 2.55. The second-order valence-electron chi connectivity index (χ2n) is 6.55. The lowest BCUT2D eigenvalue weighted by Crippen LogP contribution is -2.40. The molecule has 0 aliphatic carbocycles. The molecule has 0 atom stereocenters. The van der Waals surface area contributed by atoms with Gasteiger partial charge in [0, 0.05) is 30.3 Å². The zero-order valence-electron chi connectivity index (χ0n) is 16.0. The van der Waals surface area contributed by atoms with Crippen molar-refractivity contribution in [1.29, 1.82) is 0 Å². The number of ether oxygens (including phenoxy) is 1. The largest absolute Gasteiger partial charge is 0.474 e. The molecule has 0 aliphatic heterocycles. The minimum absolute atomic E-state index is 0.265. The van der Waals surface area contributed by atoms with Crippen molar-refractivity contribution in [2.45, 2.75) is 32.1 Å². The molecule has 5 nitrogen and oxygen atoms in total. The Kier molecular flexibility index (Phi) is 9.05. The predicted molar refractivity (Wildman–Crippen MR) is 112 cm³/mol. The fourth-order valence-corrected chi connectivity index (χ4v) is 2.85. The molecule has 2 aromatic carbocycles. The second-order valence-corrected chi connectivity index (χ2v) is 7.34. The van der Waals surface area contributed by atoms with Gasteiger partial charge in [-0.15, -0.1) is 0 Å². The minimum Gasteiger partial charge on any atom is -0.474 e. The molecular weight excluding hydrogens is 346 g/mol. The maximum atomic E-state index is 7.00. The van der Waals surface area contributed by atoms with Crippen molar-refractivity contribution < 1.29 is 15.6 Å². The zero-order chi connectivity index (χ0) is 19.6. The third-order valence-electron chi connectivity index (χ3n) is 3.00. The molecule has 6 heteroatoms. The highest BCUT2D eigenvalue weighted by molar-refractivity contribution is 7.99. The maximum Gasteiger partial charge on any atom is 0.184 e. The summed E-state index contributed by atoms with van der Waals surface area (Å²) < 4.78 is 9.05. The Hall–Kier alpha value is -2.15. The molecule has 2 rings (SSSR count). The highest BCUT2D eigenvalue weighted by atomic mass is 32.2. The van der Waals surface area contributed by atoms with Crippen LogP contribution in [-0.4, -0.2) is 17.8 Å². The quantitative estimate of drug-likeness (QED) is 0.432. The van der Waals surface area contributed by atoms with Crippen LogP contribution in [-0.2, 0) is 10.5 Å². The molecule has 0 unspecified atom stereocenters. The van der Waals surface area contributed by atoms with Gasteiger partial charge < -0.3 is 25.6 Å². The van der Waals surface area contributed by atoms with Gasteiger partial charge in [0.05, 0.1) is 0 Å². The third-order valence-corrected chi connectivity index (χ3v) is 3.85. The van der Waals surface area contributed by atoms with E-state index in [1.165, 1.54) is 5.56 Å². The van der Waals surface area contributed by atoms with Crippen molar-refractivity contribution >= 4 is 29.0 Å². The molecule has 142 valence electrons. The summed E-state index contributed by atoms with van der Waals surface area (Å²) in [6.45, 7) is 9.90. The van der Waals surface area contributed by atoms with Crippen LogP contribution >= 0.6 is 11.9 Å². The predicted octanol–water partition coefficient (Wildman–Crippen LogP) is 4.13. The van der Waals surface area contributed by atoms with Crippen LogP contribution in [0.15, 0.2) is 61.0 Å². The fraction of sp³-hybridized carbons (Fsp3) is 0.300. The Labute approximate surface area is 160 Å². The van der Waals surface area contributed by atoms with E-state index in [0.717, 1.165) is 29.9 Å². The Morgan fingerprint density at radius 1 is 1.12 bits per heavy atom. The van der Waals surface area contributed by atoms with Crippen LogP contribution in [0, 0.1) is 0 Å². The van der Waals surface area contributed by atoms with E-state index in [1.54, 1.807) is 11.9 Å². The number of nitrogens with one attached hydrogen (secondary N) is 2. The van der Waals surface area contributed by atoms with Crippen molar-refractivity contribution in [2.24, 2.45) is 0 Å². The lowest BCUT2D eigenvalue weighted by atomic mass is 10.2. The topological polar surface area (TPSA) is 81.2 Å². The Morgan fingerprint density at radius 3 is 2.42 bits per heavy atom. The van der Waals surface area contributed by atoms with Gasteiger partial charge in [-0.1, -0.05) is 18.2 Å². The maximum absolute atomic E-state index is 7.00. The zero-order valence-corrected chi connectivity index (χ0v) is 16.8. The van der Waals surface area contributed by atoms with Crippen LogP contribution < -0.4 is 15.8 Å². The summed E-state index contributed by atoms with van der Waals surface area (Å²) in [5, 5.41) is 10.2. The van der Waals surface area contributed by atoms with Crippen LogP contribution in [0.3, 0.4) is 0 Å². The van der Waals surface area contributed by atoms with Gasteiger partial charge in [0.15, 0.2) is 5.88 Å². The highest BCUT2D eigenvalue weighted by Gasteiger charge is 2.12. The number of anilines is 2. The van der Waals surface area contributed by atoms with Gasteiger partial charge in [-0.05, 0) is 69.1 Å². The monoisotopic (exact) mass is 376 g/mol. The summed E-state index contributed by atoms with van der Waals surface area (Å²) in [6.07, 6.45) is 0. The molecule has 0 aromatic heterocycles. The molecule has 0 radical (unpaired) electrons. The SMILES string of the molecule is C=C(Nc1cccc(NSCc2cccc([NH3+])c2)c1)OC(C)(C)C.CO. The molecule has 2 aromatic rings. The van der Waals surface area contributed by atoms with Crippen LogP contribution in [0.4, 0.5) is 17.1 Å². The van der Waals surface area contributed by atoms with E-state index in [0.29, 0.717) is 5.88 Å². The van der Waals surface area contributed by atoms with Crippen LogP contribution in [0.5, 0.6) is 0 Å². The molecular formula is C20H30N3O2S+. The van der Waals surface area contributed by atoms with Crippen molar-refractivity contribution in [1.82, 2.24) is 0 Å². The third kappa shape index (κ3) is 8.80. The summed E-state index contributed by atoms with van der Waals surface area (Å²) in [4.78, 5) is 0. The first kappa shape index (κ1) is 21.9. The van der Waals surface area contributed by atoms with Crippen molar-refractivity contribution in [3.05, 3.63) is 66.6 Å². The Balaban J connectivity index is 0.00000163.